The molecule has 3 aromatic heterocycles. The van der Waals surface area contributed by atoms with Gasteiger partial charge in [0.2, 0.25) is 0 Å². The molecule has 122 valence electrons. The molecule has 0 aliphatic rings. The molecule has 0 saturated carbocycles. The van der Waals surface area contributed by atoms with Crippen molar-refractivity contribution >= 4 is 23.4 Å². The van der Waals surface area contributed by atoms with E-state index < -0.39 is 0 Å². The van der Waals surface area contributed by atoms with Gasteiger partial charge in [-0.05, 0) is 26.1 Å². The molecule has 0 aliphatic heterocycles. The molecule has 1 unspecified atom stereocenters. The van der Waals surface area contributed by atoms with Crippen molar-refractivity contribution in [1.82, 2.24) is 34.4 Å². The van der Waals surface area contributed by atoms with E-state index in [4.69, 9.17) is 12.2 Å². The number of hydrogen-bond acceptors (Lipinski definition) is 5. The smallest absolute Gasteiger partial charge is 0.277 e. The number of fused-ring (bicyclic) bond motifs is 1. The van der Waals surface area contributed by atoms with Gasteiger partial charge in [-0.3, -0.25) is 14.3 Å². The highest BCUT2D eigenvalue weighted by molar-refractivity contribution is 7.71. The molecular formula is C14H19N7OS. The van der Waals surface area contributed by atoms with Crippen molar-refractivity contribution < 1.29 is 0 Å². The maximum Gasteiger partial charge on any atom is 0.277 e. The van der Waals surface area contributed by atoms with Crippen LogP contribution in [-0.2, 0) is 19.6 Å². The van der Waals surface area contributed by atoms with Crippen LogP contribution in [0.25, 0.3) is 11.2 Å². The van der Waals surface area contributed by atoms with E-state index in [0.717, 1.165) is 12.4 Å². The van der Waals surface area contributed by atoms with E-state index in [0.29, 0.717) is 29.0 Å². The van der Waals surface area contributed by atoms with Gasteiger partial charge in [0, 0.05) is 31.5 Å². The molecule has 0 amide bonds. The maximum absolute atomic E-state index is 11.8. The van der Waals surface area contributed by atoms with E-state index >= 15 is 0 Å². The molecule has 8 nitrogen and oxygen atoms in total. The van der Waals surface area contributed by atoms with E-state index in [-0.39, 0.29) is 11.6 Å². The third-order valence-corrected chi connectivity index (χ3v) is 4.10. The van der Waals surface area contributed by atoms with Gasteiger partial charge in [-0.15, -0.1) is 0 Å². The van der Waals surface area contributed by atoms with Crippen molar-refractivity contribution in [2.75, 3.05) is 0 Å². The summed E-state index contributed by atoms with van der Waals surface area (Å²) in [5.41, 5.74) is 0.763. The zero-order valence-corrected chi connectivity index (χ0v) is 13.9. The van der Waals surface area contributed by atoms with Crippen molar-refractivity contribution in [3.8, 4) is 0 Å². The number of aromatic nitrogens is 6. The summed E-state index contributed by atoms with van der Waals surface area (Å²) in [6.45, 7) is 6.31. The minimum absolute atomic E-state index is 0.134. The summed E-state index contributed by atoms with van der Waals surface area (Å²) in [6, 6.07) is 0.134. The molecule has 3 rings (SSSR count). The lowest BCUT2D eigenvalue weighted by Gasteiger charge is -2.16. The highest BCUT2D eigenvalue weighted by Gasteiger charge is 2.11. The zero-order chi connectivity index (χ0) is 16.4. The Morgan fingerprint density at radius 1 is 1.43 bits per heavy atom. The van der Waals surface area contributed by atoms with Crippen LogP contribution < -0.4 is 10.9 Å². The lowest BCUT2D eigenvalue weighted by Crippen LogP contribution is -2.32. The molecule has 3 N–H and O–H groups in total. The first-order chi connectivity index (χ1) is 11.1. The number of nitrogens with zero attached hydrogens (tertiary/aromatic N) is 4. The van der Waals surface area contributed by atoms with Crippen LogP contribution in [0.4, 0.5) is 0 Å². The highest BCUT2D eigenvalue weighted by atomic mass is 32.1. The van der Waals surface area contributed by atoms with Gasteiger partial charge in [0.1, 0.15) is 11.3 Å². The molecule has 0 aliphatic carbocycles. The van der Waals surface area contributed by atoms with Crippen LogP contribution in [0.2, 0.25) is 0 Å². The molecule has 0 radical (unpaired) electrons. The van der Waals surface area contributed by atoms with E-state index in [1.54, 1.807) is 6.20 Å². The minimum Gasteiger partial charge on any atom is -0.339 e. The topological polar surface area (TPSA) is 96.3 Å². The van der Waals surface area contributed by atoms with Crippen LogP contribution in [0.3, 0.4) is 0 Å². The standard InChI is InChI=1S/C14H19N7OS/c1-3-20-5-4-15-10(20)6-16-9(2)7-21-12-11(17-8-18-12)13(22)19-14(21)23/h4-5,8-9,16H,3,6-7H2,1-2H3,(H,17,18)(H,19,22,23). The van der Waals surface area contributed by atoms with Gasteiger partial charge in [-0.25, -0.2) is 9.97 Å². The number of H-pyrrole nitrogens is 2. The van der Waals surface area contributed by atoms with E-state index in [9.17, 15) is 4.79 Å². The molecule has 0 spiro atoms. The van der Waals surface area contributed by atoms with Crippen LogP contribution >= 0.6 is 12.2 Å². The van der Waals surface area contributed by atoms with Gasteiger partial charge in [0.25, 0.3) is 5.56 Å². The molecule has 0 fully saturated rings. The monoisotopic (exact) mass is 333 g/mol. The van der Waals surface area contributed by atoms with Gasteiger partial charge in [-0.2, -0.15) is 0 Å². The fourth-order valence-corrected chi connectivity index (χ4v) is 2.80. The predicted molar refractivity (Wildman–Crippen MR) is 89.7 cm³/mol. The fraction of sp³-hybridized carbons (Fsp3) is 0.429. The lowest BCUT2D eigenvalue weighted by atomic mass is 10.3. The number of hydrogen-bond donors (Lipinski definition) is 3. The number of aryl methyl sites for hydroxylation is 1. The summed E-state index contributed by atoms with van der Waals surface area (Å²) >= 11 is 5.26. The van der Waals surface area contributed by atoms with E-state index in [1.807, 2.05) is 10.8 Å². The number of aromatic amines is 2. The van der Waals surface area contributed by atoms with Gasteiger partial charge in [-0.1, -0.05) is 0 Å². The normalized spacial score (nSPS) is 12.8. The van der Waals surface area contributed by atoms with Crippen molar-refractivity contribution in [3.63, 3.8) is 0 Å². The molecule has 0 saturated heterocycles. The number of rotatable bonds is 6. The predicted octanol–water partition coefficient (Wildman–Crippen LogP) is 1.18. The van der Waals surface area contributed by atoms with E-state index in [1.165, 1.54) is 6.33 Å². The fourth-order valence-electron chi connectivity index (χ4n) is 2.55. The average Bonchev–Trinajstić information content (AvgIpc) is 3.18. The quantitative estimate of drug-likeness (QED) is 0.589. The molecule has 23 heavy (non-hydrogen) atoms. The third-order valence-electron chi connectivity index (χ3n) is 3.78. The molecular weight excluding hydrogens is 314 g/mol. The molecule has 0 bridgehead atoms. The number of imidazole rings is 2. The lowest BCUT2D eigenvalue weighted by molar-refractivity contribution is 0.462. The maximum atomic E-state index is 11.8. The Bertz CT molecular complexity index is 919. The van der Waals surface area contributed by atoms with Crippen molar-refractivity contribution in [2.45, 2.75) is 39.5 Å². The number of nitrogens with one attached hydrogen (secondary N) is 3. The summed E-state index contributed by atoms with van der Waals surface area (Å²) in [5, 5.41) is 3.43. The molecule has 9 heteroatoms. The Kier molecular flexibility index (Phi) is 4.39. The van der Waals surface area contributed by atoms with Crippen LogP contribution in [-0.4, -0.2) is 35.1 Å². The van der Waals surface area contributed by atoms with Crippen LogP contribution in [0.5, 0.6) is 0 Å². The third kappa shape index (κ3) is 3.10. The second-order valence-electron chi connectivity index (χ2n) is 5.38. The van der Waals surface area contributed by atoms with Crippen LogP contribution in [0.15, 0.2) is 23.5 Å². The summed E-state index contributed by atoms with van der Waals surface area (Å²) in [7, 11) is 0. The molecule has 3 aromatic rings. The largest absolute Gasteiger partial charge is 0.339 e. The van der Waals surface area contributed by atoms with Gasteiger partial charge >= 0.3 is 0 Å². The van der Waals surface area contributed by atoms with Crippen molar-refractivity contribution in [3.05, 3.63) is 39.7 Å². The van der Waals surface area contributed by atoms with Crippen LogP contribution in [0.1, 0.15) is 19.7 Å². The van der Waals surface area contributed by atoms with Gasteiger partial charge < -0.3 is 14.9 Å². The molecule has 1 atom stereocenters. The summed E-state index contributed by atoms with van der Waals surface area (Å²) in [5.74, 6) is 0.995. The SMILES string of the molecule is CCn1ccnc1CNC(C)Cn1c(=S)[nH]c(=O)c2[nH]cnc21. The molecule has 0 aromatic carbocycles. The second kappa shape index (κ2) is 6.47. The second-order valence-corrected chi connectivity index (χ2v) is 5.77. The summed E-state index contributed by atoms with van der Waals surface area (Å²) in [6.07, 6.45) is 5.27. The first-order valence-electron chi connectivity index (χ1n) is 7.49. The van der Waals surface area contributed by atoms with Gasteiger partial charge in [0.15, 0.2) is 10.4 Å². The Hall–Kier alpha value is -2.26. The van der Waals surface area contributed by atoms with E-state index in [2.05, 4.69) is 43.7 Å². The first kappa shape index (κ1) is 15.6. The van der Waals surface area contributed by atoms with Crippen molar-refractivity contribution in [2.24, 2.45) is 0 Å². The Balaban J connectivity index is 1.76. The summed E-state index contributed by atoms with van der Waals surface area (Å²) in [4.78, 5) is 25.9. The molecule has 3 heterocycles. The van der Waals surface area contributed by atoms with Gasteiger partial charge in [0.05, 0.1) is 12.9 Å². The minimum atomic E-state index is -0.246. The van der Waals surface area contributed by atoms with Crippen molar-refractivity contribution in [1.29, 1.82) is 0 Å². The first-order valence-corrected chi connectivity index (χ1v) is 7.90. The highest BCUT2D eigenvalue weighted by Crippen LogP contribution is 2.06. The summed E-state index contributed by atoms with van der Waals surface area (Å²) < 4.78 is 4.29. The Morgan fingerprint density at radius 3 is 3.04 bits per heavy atom. The Morgan fingerprint density at radius 2 is 2.26 bits per heavy atom. The average molecular weight is 333 g/mol. The Labute approximate surface area is 137 Å². The van der Waals surface area contributed by atoms with Crippen LogP contribution in [0, 0.1) is 4.77 Å². The zero-order valence-electron chi connectivity index (χ0n) is 13.0.